The molecule has 0 aliphatic carbocycles. The maximum absolute atomic E-state index is 5.10. The number of benzene rings is 5. The quantitative estimate of drug-likeness (QED) is 0.215. The lowest BCUT2D eigenvalue weighted by Gasteiger charge is -2.12. The molecule has 0 saturated heterocycles. The lowest BCUT2D eigenvalue weighted by molar-refractivity contribution is 0.927. The maximum atomic E-state index is 5.10. The zero-order valence-corrected chi connectivity index (χ0v) is 23.4. The molecule has 9 aromatic rings. The SMILES string of the molecule is c1ccc(-c2nc(-c3ccccc3)nc(-n3c4nnccc4c4ccc5c6ccccc6n(-c6ccccc6)c5c43)n2)cc1. The Kier molecular flexibility index (Phi) is 5.36. The first-order valence-electron chi connectivity index (χ1n) is 14.5. The molecular formula is C37H23N7. The van der Waals surface area contributed by atoms with Gasteiger partial charge < -0.3 is 4.57 Å². The van der Waals surface area contributed by atoms with Crippen LogP contribution < -0.4 is 0 Å². The van der Waals surface area contributed by atoms with Gasteiger partial charge in [0.25, 0.3) is 0 Å². The molecule has 0 fully saturated rings. The van der Waals surface area contributed by atoms with Crippen molar-refractivity contribution in [1.82, 2.24) is 34.3 Å². The normalized spacial score (nSPS) is 11.6. The molecule has 0 radical (unpaired) electrons. The van der Waals surface area contributed by atoms with Crippen LogP contribution >= 0.6 is 0 Å². The lowest BCUT2D eigenvalue weighted by atomic mass is 10.1. The van der Waals surface area contributed by atoms with Crippen molar-refractivity contribution in [2.45, 2.75) is 0 Å². The summed E-state index contributed by atoms with van der Waals surface area (Å²) >= 11 is 0. The van der Waals surface area contributed by atoms with Gasteiger partial charge in [0.05, 0.1) is 22.7 Å². The summed E-state index contributed by atoms with van der Waals surface area (Å²) in [6.07, 6.45) is 1.74. The Balaban J connectivity index is 1.48. The molecule has 0 N–H and O–H groups in total. The van der Waals surface area contributed by atoms with Crippen molar-refractivity contribution in [2.24, 2.45) is 0 Å². The summed E-state index contributed by atoms with van der Waals surface area (Å²) in [6, 6.07) is 45.4. The van der Waals surface area contributed by atoms with Gasteiger partial charge in [0.1, 0.15) is 0 Å². The minimum absolute atomic E-state index is 0.482. The van der Waals surface area contributed by atoms with Crippen LogP contribution in [0.15, 0.2) is 140 Å². The summed E-state index contributed by atoms with van der Waals surface area (Å²) in [6.45, 7) is 0. The van der Waals surface area contributed by atoms with E-state index in [1.165, 1.54) is 5.39 Å². The van der Waals surface area contributed by atoms with E-state index in [0.29, 0.717) is 23.2 Å². The van der Waals surface area contributed by atoms with Crippen LogP contribution in [0, 0.1) is 0 Å². The first-order chi connectivity index (χ1) is 21.8. The van der Waals surface area contributed by atoms with Crippen molar-refractivity contribution >= 4 is 43.7 Å². The van der Waals surface area contributed by atoms with Crippen LogP contribution in [0.3, 0.4) is 0 Å². The second-order valence-corrected chi connectivity index (χ2v) is 10.7. The van der Waals surface area contributed by atoms with Gasteiger partial charge in [0.15, 0.2) is 17.3 Å². The second-order valence-electron chi connectivity index (χ2n) is 10.7. The first-order valence-corrected chi connectivity index (χ1v) is 14.5. The Bertz CT molecular complexity index is 2420. The number of para-hydroxylation sites is 2. The largest absolute Gasteiger partial charge is 0.307 e. The van der Waals surface area contributed by atoms with Gasteiger partial charge in [-0.25, -0.2) is 4.98 Å². The highest BCUT2D eigenvalue weighted by Crippen LogP contribution is 2.40. The molecule has 0 bridgehead atoms. The van der Waals surface area contributed by atoms with Gasteiger partial charge in [0.2, 0.25) is 5.95 Å². The molecule has 0 atom stereocenters. The number of hydrogen-bond acceptors (Lipinski definition) is 5. The van der Waals surface area contributed by atoms with Crippen molar-refractivity contribution in [3.63, 3.8) is 0 Å². The highest BCUT2D eigenvalue weighted by Gasteiger charge is 2.24. The van der Waals surface area contributed by atoms with Crippen molar-refractivity contribution < 1.29 is 0 Å². The van der Waals surface area contributed by atoms with Gasteiger partial charge in [-0.3, -0.25) is 4.57 Å². The van der Waals surface area contributed by atoms with E-state index < -0.39 is 0 Å². The van der Waals surface area contributed by atoms with Crippen LogP contribution in [0.2, 0.25) is 0 Å². The molecule has 0 amide bonds. The molecule has 0 aliphatic heterocycles. The van der Waals surface area contributed by atoms with Gasteiger partial charge in [-0.2, -0.15) is 15.1 Å². The van der Waals surface area contributed by atoms with Gasteiger partial charge in [-0.1, -0.05) is 109 Å². The highest BCUT2D eigenvalue weighted by atomic mass is 15.3. The molecule has 206 valence electrons. The summed E-state index contributed by atoms with van der Waals surface area (Å²) in [4.78, 5) is 15.1. The highest BCUT2D eigenvalue weighted by molar-refractivity contribution is 6.23. The van der Waals surface area contributed by atoms with Gasteiger partial charge >= 0.3 is 0 Å². The van der Waals surface area contributed by atoms with E-state index in [-0.39, 0.29) is 0 Å². The average molecular weight is 566 g/mol. The Morgan fingerprint density at radius 1 is 0.432 bits per heavy atom. The molecular weight excluding hydrogens is 542 g/mol. The van der Waals surface area contributed by atoms with Gasteiger partial charge in [-0.15, -0.1) is 5.10 Å². The molecule has 0 aliphatic rings. The summed E-state index contributed by atoms with van der Waals surface area (Å²) in [5.41, 5.74) is 6.70. The van der Waals surface area contributed by atoms with Crippen LogP contribution in [0.4, 0.5) is 0 Å². The van der Waals surface area contributed by atoms with Crippen LogP contribution in [0.5, 0.6) is 0 Å². The summed E-state index contributed by atoms with van der Waals surface area (Å²) in [5, 5.41) is 13.3. The summed E-state index contributed by atoms with van der Waals surface area (Å²) in [7, 11) is 0. The van der Waals surface area contributed by atoms with E-state index >= 15 is 0 Å². The number of hydrogen-bond donors (Lipinski definition) is 0. The van der Waals surface area contributed by atoms with E-state index in [1.807, 2.05) is 72.8 Å². The number of nitrogens with zero attached hydrogens (tertiary/aromatic N) is 7. The van der Waals surface area contributed by atoms with Crippen molar-refractivity contribution in [1.29, 1.82) is 0 Å². The Morgan fingerprint density at radius 3 is 1.68 bits per heavy atom. The molecule has 4 aromatic heterocycles. The van der Waals surface area contributed by atoms with E-state index in [2.05, 4.69) is 80.0 Å². The minimum atomic E-state index is 0.482. The van der Waals surface area contributed by atoms with Gasteiger partial charge in [-0.05, 0) is 24.3 Å². The van der Waals surface area contributed by atoms with E-state index in [0.717, 1.165) is 49.5 Å². The number of fused-ring (bicyclic) bond motifs is 7. The molecule has 44 heavy (non-hydrogen) atoms. The van der Waals surface area contributed by atoms with Crippen molar-refractivity contribution in [3.05, 3.63) is 140 Å². The molecule has 5 aromatic carbocycles. The van der Waals surface area contributed by atoms with E-state index in [4.69, 9.17) is 15.0 Å². The Morgan fingerprint density at radius 2 is 1.00 bits per heavy atom. The third-order valence-electron chi connectivity index (χ3n) is 8.14. The maximum Gasteiger partial charge on any atom is 0.240 e. The van der Waals surface area contributed by atoms with Crippen LogP contribution in [-0.4, -0.2) is 34.3 Å². The molecule has 4 heterocycles. The van der Waals surface area contributed by atoms with Crippen molar-refractivity contribution in [3.8, 4) is 34.4 Å². The Labute approximate surface area is 251 Å². The topological polar surface area (TPSA) is 74.3 Å². The fourth-order valence-electron chi connectivity index (χ4n) is 6.23. The van der Waals surface area contributed by atoms with E-state index in [9.17, 15) is 0 Å². The van der Waals surface area contributed by atoms with E-state index in [1.54, 1.807) is 6.20 Å². The average Bonchev–Trinajstić information content (AvgIpc) is 3.62. The third-order valence-corrected chi connectivity index (χ3v) is 8.14. The summed E-state index contributed by atoms with van der Waals surface area (Å²) in [5.74, 6) is 1.66. The third kappa shape index (κ3) is 3.66. The lowest BCUT2D eigenvalue weighted by Crippen LogP contribution is -2.08. The zero-order chi connectivity index (χ0) is 29.0. The number of rotatable bonds is 4. The fraction of sp³-hybridized carbons (Fsp3) is 0. The molecule has 9 rings (SSSR count). The monoisotopic (exact) mass is 565 g/mol. The second kappa shape index (κ2) is 9.68. The minimum Gasteiger partial charge on any atom is -0.307 e. The standard InChI is InChI=1S/C37H23N7/c1-4-12-24(13-5-1)34-39-35(25-14-6-2-7-15-25)41-37(40-34)44-33-29(30-22-23-38-42-36(30)44)21-20-28-27-18-10-11-19-31(27)43(32(28)33)26-16-8-3-9-17-26/h1-23H. The predicted molar refractivity (Wildman–Crippen MR) is 175 cm³/mol. The molecule has 0 saturated carbocycles. The fourth-order valence-corrected chi connectivity index (χ4v) is 6.23. The van der Waals surface area contributed by atoms with Crippen LogP contribution in [0.25, 0.3) is 78.2 Å². The zero-order valence-electron chi connectivity index (χ0n) is 23.4. The summed E-state index contributed by atoms with van der Waals surface area (Å²) < 4.78 is 4.38. The van der Waals surface area contributed by atoms with Crippen LogP contribution in [-0.2, 0) is 0 Å². The number of aromatic nitrogens is 7. The van der Waals surface area contributed by atoms with Crippen molar-refractivity contribution in [2.75, 3.05) is 0 Å². The predicted octanol–water partition coefficient (Wildman–Crippen LogP) is 8.19. The van der Waals surface area contributed by atoms with Gasteiger partial charge in [0, 0.05) is 38.4 Å². The molecule has 7 heteroatoms. The molecule has 0 unspecified atom stereocenters. The van der Waals surface area contributed by atoms with Crippen LogP contribution in [0.1, 0.15) is 0 Å². The molecule has 0 spiro atoms. The Hall–Kier alpha value is -6.21. The molecule has 7 nitrogen and oxygen atoms in total. The first kappa shape index (κ1) is 24.4. The smallest absolute Gasteiger partial charge is 0.240 e.